The van der Waals surface area contributed by atoms with Crippen molar-refractivity contribution in [2.24, 2.45) is 7.05 Å². The largest absolute Gasteiger partial charge is 0.462 e. The summed E-state index contributed by atoms with van der Waals surface area (Å²) in [6.07, 6.45) is 0.769. The molecule has 158 valence electrons. The molecule has 0 radical (unpaired) electrons. The minimum absolute atomic E-state index is 0.121. The number of rotatable bonds is 8. The highest BCUT2D eigenvalue weighted by atomic mass is 35.5. The number of thiophene rings is 1. The van der Waals surface area contributed by atoms with Crippen LogP contribution in [-0.4, -0.2) is 39.0 Å². The van der Waals surface area contributed by atoms with Crippen molar-refractivity contribution in [2.75, 3.05) is 17.7 Å². The first-order chi connectivity index (χ1) is 14.4. The van der Waals surface area contributed by atoms with Crippen LogP contribution < -0.4 is 5.32 Å². The van der Waals surface area contributed by atoms with E-state index >= 15 is 0 Å². The van der Waals surface area contributed by atoms with Gasteiger partial charge in [-0.1, -0.05) is 42.4 Å². The van der Waals surface area contributed by atoms with E-state index in [0.29, 0.717) is 26.6 Å². The Hall–Kier alpha value is -2.36. The van der Waals surface area contributed by atoms with Crippen LogP contribution in [0.3, 0.4) is 0 Å². The molecule has 0 aliphatic rings. The van der Waals surface area contributed by atoms with E-state index in [1.807, 2.05) is 32.2 Å². The molecule has 1 amide bonds. The van der Waals surface area contributed by atoms with Crippen molar-refractivity contribution in [3.63, 3.8) is 0 Å². The van der Waals surface area contributed by atoms with Gasteiger partial charge in [0.25, 0.3) is 0 Å². The SMILES string of the molecule is CCOC(=O)c1cc(CC)sc1NC(=O)CSc1nnc(-c2ccccc2Cl)n1C. The highest BCUT2D eigenvalue weighted by molar-refractivity contribution is 7.99. The third kappa shape index (κ3) is 5.03. The summed E-state index contributed by atoms with van der Waals surface area (Å²) in [6.45, 7) is 4.02. The van der Waals surface area contributed by atoms with Crippen molar-refractivity contribution < 1.29 is 14.3 Å². The molecule has 7 nitrogen and oxygen atoms in total. The summed E-state index contributed by atoms with van der Waals surface area (Å²) in [5, 5.41) is 12.9. The normalized spacial score (nSPS) is 10.8. The highest BCUT2D eigenvalue weighted by Gasteiger charge is 2.20. The Balaban J connectivity index is 1.68. The number of aromatic nitrogens is 3. The number of nitrogens with one attached hydrogen (secondary N) is 1. The van der Waals surface area contributed by atoms with Gasteiger partial charge in [-0.3, -0.25) is 4.79 Å². The summed E-state index contributed by atoms with van der Waals surface area (Å²) in [4.78, 5) is 25.7. The second-order valence-electron chi connectivity index (χ2n) is 6.21. The van der Waals surface area contributed by atoms with Gasteiger partial charge in [-0.05, 0) is 31.5 Å². The van der Waals surface area contributed by atoms with Gasteiger partial charge in [-0.15, -0.1) is 21.5 Å². The number of carbonyl (C=O) groups excluding carboxylic acids is 2. The molecule has 2 heterocycles. The average molecular weight is 465 g/mol. The van der Waals surface area contributed by atoms with Crippen LogP contribution in [0, 0.1) is 0 Å². The summed E-state index contributed by atoms with van der Waals surface area (Å²) in [5.41, 5.74) is 1.16. The van der Waals surface area contributed by atoms with Gasteiger partial charge in [0.05, 0.1) is 22.9 Å². The zero-order chi connectivity index (χ0) is 21.7. The Labute approximate surface area is 187 Å². The molecule has 30 heavy (non-hydrogen) atoms. The van der Waals surface area contributed by atoms with Gasteiger partial charge in [0.1, 0.15) is 5.00 Å². The van der Waals surface area contributed by atoms with Gasteiger partial charge in [0, 0.05) is 17.5 Å². The molecule has 1 N–H and O–H groups in total. The summed E-state index contributed by atoms with van der Waals surface area (Å²) in [7, 11) is 1.82. The fourth-order valence-corrected chi connectivity index (χ4v) is 4.61. The van der Waals surface area contributed by atoms with Gasteiger partial charge in [-0.25, -0.2) is 4.79 Å². The van der Waals surface area contributed by atoms with Crippen molar-refractivity contribution in [3.8, 4) is 11.4 Å². The second kappa shape index (κ2) is 10.1. The molecule has 3 aromatic rings. The lowest BCUT2D eigenvalue weighted by molar-refractivity contribution is -0.113. The molecule has 0 saturated heterocycles. The zero-order valence-electron chi connectivity index (χ0n) is 16.8. The molecule has 0 aliphatic heterocycles. The predicted octanol–water partition coefficient (Wildman–Crippen LogP) is 4.67. The van der Waals surface area contributed by atoms with Gasteiger partial charge in [0.2, 0.25) is 5.91 Å². The maximum atomic E-state index is 12.5. The Morgan fingerprint density at radius 1 is 1.27 bits per heavy atom. The van der Waals surface area contributed by atoms with Crippen LogP contribution >= 0.6 is 34.7 Å². The van der Waals surface area contributed by atoms with Crippen molar-refractivity contribution in [1.29, 1.82) is 0 Å². The lowest BCUT2D eigenvalue weighted by Crippen LogP contribution is -2.16. The minimum atomic E-state index is -0.436. The lowest BCUT2D eigenvalue weighted by atomic mass is 10.2. The Bertz CT molecular complexity index is 1060. The number of hydrogen-bond acceptors (Lipinski definition) is 7. The molecule has 0 atom stereocenters. The fourth-order valence-electron chi connectivity index (χ4n) is 2.68. The van der Waals surface area contributed by atoms with E-state index in [1.165, 1.54) is 23.1 Å². The Kier molecular flexibility index (Phi) is 7.52. The summed E-state index contributed by atoms with van der Waals surface area (Å²) >= 11 is 8.88. The first-order valence-corrected chi connectivity index (χ1v) is 11.5. The van der Waals surface area contributed by atoms with Crippen LogP contribution in [0.25, 0.3) is 11.4 Å². The lowest BCUT2D eigenvalue weighted by Gasteiger charge is -2.07. The average Bonchev–Trinajstić information content (AvgIpc) is 3.30. The van der Waals surface area contributed by atoms with Crippen LogP contribution in [0.1, 0.15) is 29.1 Å². The predicted molar refractivity (Wildman–Crippen MR) is 120 cm³/mol. The van der Waals surface area contributed by atoms with Crippen molar-refractivity contribution >= 4 is 51.6 Å². The van der Waals surface area contributed by atoms with Crippen molar-refractivity contribution in [2.45, 2.75) is 25.4 Å². The van der Waals surface area contributed by atoms with Gasteiger partial charge in [-0.2, -0.15) is 0 Å². The standard InChI is InChI=1S/C20H21ClN4O3S2/c1-4-12-10-14(19(27)28-5-2)18(30-12)22-16(26)11-29-20-24-23-17(25(20)3)13-8-6-7-9-15(13)21/h6-10H,4-5,11H2,1-3H3,(H,22,26). The van der Waals surface area contributed by atoms with Crippen molar-refractivity contribution in [3.05, 3.63) is 45.8 Å². The molecule has 0 bridgehead atoms. The molecule has 0 aliphatic carbocycles. The Morgan fingerprint density at radius 2 is 2.03 bits per heavy atom. The molecular formula is C20H21ClN4O3S2. The van der Waals surface area contributed by atoms with Crippen LogP contribution in [0.4, 0.5) is 5.00 Å². The van der Waals surface area contributed by atoms with E-state index in [1.54, 1.807) is 23.6 Å². The summed E-state index contributed by atoms with van der Waals surface area (Å²) in [5.74, 6) is 0.0706. The number of esters is 1. The zero-order valence-corrected chi connectivity index (χ0v) is 19.2. The summed E-state index contributed by atoms with van der Waals surface area (Å²) in [6, 6.07) is 9.15. The van der Waals surface area contributed by atoms with E-state index in [9.17, 15) is 9.59 Å². The molecule has 10 heteroatoms. The number of halogens is 1. The van der Waals surface area contributed by atoms with E-state index in [0.717, 1.165) is 16.9 Å². The number of amides is 1. The first kappa shape index (κ1) is 22.3. The van der Waals surface area contributed by atoms with Crippen LogP contribution in [0.2, 0.25) is 5.02 Å². The monoisotopic (exact) mass is 464 g/mol. The van der Waals surface area contributed by atoms with Crippen LogP contribution in [0.15, 0.2) is 35.5 Å². The van der Waals surface area contributed by atoms with E-state index in [2.05, 4.69) is 15.5 Å². The number of thioether (sulfide) groups is 1. The molecule has 0 spiro atoms. The molecule has 0 fully saturated rings. The number of nitrogens with zero attached hydrogens (tertiary/aromatic N) is 3. The van der Waals surface area contributed by atoms with Crippen LogP contribution in [-0.2, 0) is 23.0 Å². The number of hydrogen-bond donors (Lipinski definition) is 1. The molecule has 0 saturated carbocycles. The van der Waals surface area contributed by atoms with Gasteiger partial charge < -0.3 is 14.6 Å². The number of ether oxygens (including phenoxy) is 1. The van der Waals surface area contributed by atoms with E-state index < -0.39 is 5.97 Å². The number of carbonyl (C=O) groups is 2. The van der Waals surface area contributed by atoms with E-state index in [-0.39, 0.29) is 18.3 Å². The third-order valence-corrected chi connectivity index (χ3v) is 6.71. The smallest absolute Gasteiger partial charge is 0.341 e. The first-order valence-electron chi connectivity index (χ1n) is 9.31. The molecule has 2 aromatic heterocycles. The summed E-state index contributed by atoms with van der Waals surface area (Å²) < 4.78 is 6.88. The maximum Gasteiger partial charge on any atom is 0.341 e. The molecule has 1 aromatic carbocycles. The molecular weight excluding hydrogens is 444 g/mol. The maximum absolute atomic E-state index is 12.5. The second-order valence-corrected chi connectivity index (χ2v) is 8.70. The van der Waals surface area contributed by atoms with Crippen molar-refractivity contribution in [1.82, 2.24) is 14.8 Å². The highest BCUT2D eigenvalue weighted by Crippen LogP contribution is 2.31. The molecule has 0 unspecified atom stereocenters. The number of anilines is 1. The third-order valence-electron chi connectivity index (χ3n) is 4.16. The van der Waals surface area contributed by atoms with Gasteiger partial charge in [0.15, 0.2) is 11.0 Å². The minimum Gasteiger partial charge on any atom is -0.462 e. The fraction of sp³-hybridized carbons (Fsp3) is 0.300. The van der Waals surface area contributed by atoms with Crippen LogP contribution in [0.5, 0.6) is 0 Å². The quantitative estimate of drug-likeness (QED) is 0.385. The number of benzene rings is 1. The number of aryl methyl sites for hydroxylation is 1. The van der Waals surface area contributed by atoms with Gasteiger partial charge >= 0.3 is 5.97 Å². The topological polar surface area (TPSA) is 86.1 Å². The Morgan fingerprint density at radius 3 is 2.73 bits per heavy atom. The van der Waals surface area contributed by atoms with E-state index in [4.69, 9.17) is 16.3 Å². The molecule has 3 rings (SSSR count).